The average Bonchev–Trinajstić information content (AvgIpc) is 2.55. The van der Waals surface area contributed by atoms with Gasteiger partial charge < -0.3 is 10.1 Å². The lowest BCUT2D eigenvalue weighted by atomic mass is 9.94. The maximum Gasteiger partial charge on any atom is 0.0802 e. The minimum atomic E-state index is -0.0534. The lowest BCUT2D eigenvalue weighted by Gasteiger charge is -2.35. The van der Waals surface area contributed by atoms with Gasteiger partial charge in [-0.25, -0.2) is 0 Å². The standard InChI is InChI=1S/C19H21Cl2NO.ClH/c1-13(15-10-16(20)12-17(21)11-15)23-18-8-5-9-22-19(18)14-6-3-2-4-7-14;/h2-4,6-7,10-13,18-19,22H,5,8-9H2,1H3;1H/t13?,18-,19-;/m0./s1. The van der Waals surface area contributed by atoms with Crippen LogP contribution in [0.5, 0.6) is 0 Å². The molecule has 1 heterocycles. The van der Waals surface area contributed by atoms with E-state index in [4.69, 9.17) is 27.9 Å². The Morgan fingerprint density at radius 3 is 2.42 bits per heavy atom. The Bertz CT molecular complexity index is 630. The van der Waals surface area contributed by atoms with Gasteiger partial charge in [-0.1, -0.05) is 53.5 Å². The molecule has 24 heavy (non-hydrogen) atoms. The van der Waals surface area contributed by atoms with Crippen LogP contribution in [0.1, 0.15) is 43.0 Å². The molecule has 0 radical (unpaired) electrons. The zero-order valence-electron chi connectivity index (χ0n) is 13.5. The summed E-state index contributed by atoms with van der Waals surface area (Å²) in [6.07, 6.45) is 2.25. The fourth-order valence-electron chi connectivity index (χ4n) is 3.15. The van der Waals surface area contributed by atoms with Gasteiger partial charge in [0.1, 0.15) is 0 Å². The van der Waals surface area contributed by atoms with Gasteiger partial charge in [-0.2, -0.15) is 0 Å². The lowest BCUT2D eigenvalue weighted by Crippen LogP contribution is -2.39. The van der Waals surface area contributed by atoms with Crippen LogP contribution in [0.4, 0.5) is 0 Å². The van der Waals surface area contributed by atoms with Crippen molar-refractivity contribution < 1.29 is 4.74 Å². The second kappa shape index (κ2) is 9.07. The van der Waals surface area contributed by atoms with E-state index in [0.29, 0.717) is 10.0 Å². The molecule has 2 aromatic carbocycles. The van der Waals surface area contributed by atoms with Gasteiger partial charge in [0.2, 0.25) is 0 Å². The Balaban J connectivity index is 0.00000208. The molecular weight excluding hydrogens is 365 g/mol. The first-order chi connectivity index (χ1) is 11.1. The summed E-state index contributed by atoms with van der Waals surface area (Å²) in [6, 6.07) is 16.3. The van der Waals surface area contributed by atoms with Crippen LogP contribution in [-0.4, -0.2) is 12.6 Å². The number of benzene rings is 2. The first-order valence-corrected chi connectivity index (χ1v) is 8.79. The first-order valence-electron chi connectivity index (χ1n) is 8.03. The topological polar surface area (TPSA) is 21.3 Å². The normalized spacial score (nSPS) is 21.8. The molecular formula is C19H22Cl3NO. The van der Waals surface area contributed by atoms with E-state index in [1.807, 2.05) is 18.2 Å². The molecule has 1 saturated heterocycles. The molecule has 3 atom stereocenters. The number of piperidine rings is 1. The predicted octanol–water partition coefficient (Wildman–Crippen LogP) is 5.99. The molecule has 5 heteroatoms. The van der Waals surface area contributed by atoms with Crippen LogP contribution in [0, 0.1) is 0 Å². The van der Waals surface area contributed by atoms with E-state index in [2.05, 4.69) is 36.5 Å². The molecule has 3 rings (SSSR count). The molecule has 2 aromatic rings. The van der Waals surface area contributed by atoms with E-state index in [0.717, 1.165) is 24.9 Å². The molecule has 0 spiro atoms. The van der Waals surface area contributed by atoms with Crippen molar-refractivity contribution >= 4 is 35.6 Å². The molecule has 1 aliphatic rings. The monoisotopic (exact) mass is 385 g/mol. The van der Waals surface area contributed by atoms with Crippen LogP contribution in [0.3, 0.4) is 0 Å². The Morgan fingerprint density at radius 2 is 1.75 bits per heavy atom. The molecule has 0 saturated carbocycles. The third-order valence-electron chi connectivity index (χ3n) is 4.29. The van der Waals surface area contributed by atoms with Crippen molar-refractivity contribution in [2.45, 2.75) is 38.0 Å². The van der Waals surface area contributed by atoms with E-state index in [1.54, 1.807) is 6.07 Å². The van der Waals surface area contributed by atoms with Crippen LogP contribution in [0.2, 0.25) is 10.0 Å². The smallest absolute Gasteiger partial charge is 0.0802 e. The van der Waals surface area contributed by atoms with E-state index in [9.17, 15) is 0 Å². The molecule has 1 unspecified atom stereocenters. The highest BCUT2D eigenvalue weighted by Crippen LogP contribution is 2.32. The summed E-state index contributed by atoms with van der Waals surface area (Å²) in [7, 11) is 0. The Labute approximate surface area is 159 Å². The highest BCUT2D eigenvalue weighted by Gasteiger charge is 2.28. The quantitative estimate of drug-likeness (QED) is 0.697. The zero-order valence-corrected chi connectivity index (χ0v) is 15.9. The first kappa shape index (κ1) is 19.6. The molecule has 2 nitrogen and oxygen atoms in total. The Kier molecular flexibility index (Phi) is 7.39. The number of nitrogens with one attached hydrogen (secondary N) is 1. The highest BCUT2D eigenvalue weighted by molar-refractivity contribution is 6.34. The molecule has 0 bridgehead atoms. The predicted molar refractivity (Wildman–Crippen MR) is 103 cm³/mol. The maximum atomic E-state index is 6.37. The SMILES string of the molecule is CC(O[C@H]1CCCN[C@H]1c1ccccc1)c1cc(Cl)cc(Cl)c1.Cl. The van der Waals surface area contributed by atoms with Gasteiger partial charge in [0, 0.05) is 10.0 Å². The van der Waals surface area contributed by atoms with Crippen LogP contribution in [0.25, 0.3) is 0 Å². The summed E-state index contributed by atoms with van der Waals surface area (Å²) in [4.78, 5) is 0. The van der Waals surface area contributed by atoms with Gasteiger partial charge in [0.25, 0.3) is 0 Å². The molecule has 130 valence electrons. The van der Waals surface area contributed by atoms with Crippen molar-refractivity contribution in [3.63, 3.8) is 0 Å². The lowest BCUT2D eigenvalue weighted by molar-refractivity contribution is -0.0392. The molecule has 0 amide bonds. The second-order valence-electron chi connectivity index (χ2n) is 6.00. The van der Waals surface area contributed by atoms with Gasteiger partial charge in [0.15, 0.2) is 0 Å². The van der Waals surface area contributed by atoms with E-state index in [1.165, 1.54) is 5.56 Å². The van der Waals surface area contributed by atoms with Crippen molar-refractivity contribution in [2.75, 3.05) is 6.54 Å². The third-order valence-corrected chi connectivity index (χ3v) is 4.73. The molecule has 1 aliphatic heterocycles. The molecule has 1 N–H and O–H groups in total. The van der Waals surface area contributed by atoms with Gasteiger partial charge in [-0.15, -0.1) is 12.4 Å². The van der Waals surface area contributed by atoms with Crippen LogP contribution >= 0.6 is 35.6 Å². The largest absolute Gasteiger partial charge is 0.369 e. The number of hydrogen-bond acceptors (Lipinski definition) is 2. The minimum absolute atomic E-state index is 0. The highest BCUT2D eigenvalue weighted by atomic mass is 35.5. The van der Waals surface area contributed by atoms with Crippen molar-refractivity contribution in [3.8, 4) is 0 Å². The van der Waals surface area contributed by atoms with Crippen LogP contribution in [-0.2, 0) is 4.74 Å². The van der Waals surface area contributed by atoms with Gasteiger partial charge in [-0.05, 0) is 55.6 Å². The van der Waals surface area contributed by atoms with Gasteiger partial charge in [0.05, 0.1) is 18.2 Å². The van der Waals surface area contributed by atoms with Gasteiger partial charge >= 0.3 is 0 Å². The summed E-state index contributed by atoms with van der Waals surface area (Å²) < 4.78 is 6.37. The van der Waals surface area contributed by atoms with Gasteiger partial charge in [-0.3, -0.25) is 0 Å². The summed E-state index contributed by atoms with van der Waals surface area (Å²) in [5.41, 5.74) is 2.29. The van der Waals surface area contributed by atoms with Crippen LogP contribution < -0.4 is 5.32 Å². The van der Waals surface area contributed by atoms with Crippen LogP contribution in [0.15, 0.2) is 48.5 Å². The van der Waals surface area contributed by atoms with E-state index >= 15 is 0 Å². The zero-order chi connectivity index (χ0) is 16.2. The number of hydrogen-bond donors (Lipinski definition) is 1. The summed E-state index contributed by atoms with van der Waals surface area (Å²) in [6.45, 7) is 3.08. The summed E-state index contributed by atoms with van der Waals surface area (Å²) in [5.74, 6) is 0. The number of rotatable bonds is 4. The van der Waals surface area contributed by atoms with Crippen molar-refractivity contribution in [1.29, 1.82) is 0 Å². The van der Waals surface area contributed by atoms with Crippen molar-refractivity contribution in [3.05, 3.63) is 69.7 Å². The molecule has 0 aliphatic carbocycles. The Morgan fingerprint density at radius 1 is 1.08 bits per heavy atom. The average molecular weight is 387 g/mol. The van der Waals surface area contributed by atoms with Crippen molar-refractivity contribution in [1.82, 2.24) is 5.32 Å². The summed E-state index contributed by atoms with van der Waals surface area (Å²) >= 11 is 12.2. The third kappa shape index (κ3) is 4.87. The molecule has 1 fully saturated rings. The summed E-state index contributed by atoms with van der Waals surface area (Å²) in [5, 5.41) is 4.87. The van der Waals surface area contributed by atoms with E-state index in [-0.39, 0.29) is 30.7 Å². The molecule has 0 aromatic heterocycles. The second-order valence-corrected chi connectivity index (χ2v) is 6.88. The number of ether oxygens (including phenoxy) is 1. The van der Waals surface area contributed by atoms with Crippen molar-refractivity contribution in [2.24, 2.45) is 0 Å². The Hall–Kier alpha value is -0.770. The fourth-order valence-corrected chi connectivity index (χ4v) is 3.69. The number of halogens is 3. The minimum Gasteiger partial charge on any atom is -0.369 e. The van der Waals surface area contributed by atoms with E-state index < -0.39 is 0 Å². The fraction of sp³-hybridized carbons (Fsp3) is 0.368. The maximum absolute atomic E-state index is 6.37.